The van der Waals surface area contributed by atoms with Gasteiger partial charge >= 0.3 is 5.97 Å². The predicted octanol–water partition coefficient (Wildman–Crippen LogP) is 0.264. The number of aromatic carboxylic acids is 1. The van der Waals surface area contributed by atoms with Crippen molar-refractivity contribution in [2.45, 2.75) is 6.54 Å². The Hall–Kier alpha value is -1.62. The van der Waals surface area contributed by atoms with Crippen molar-refractivity contribution in [2.24, 2.45) is 0 Å². The Morgan fingerprint density at radius 2 is 2.31 bits per heavy atom. The number of carboxylic acids is 1. The van der Waals surface area contributed by atoms with Crippen molar-refractivity contribution in [3.8, 4) is 0 Å². The third-order valence-electron chi connectivity index (χ3n) is 1.95. The Morgan fingerprint density at radius 3 is 3.00 bits per heavy atom. The topological polar surface area (TPSA) is 79.5 Å². The van der Waals surface area contributed by atoms with Crippen molar-refractivity contribution in [2.75, 3.05) is 6.54 Å². The molecule has 0 bridgehead atoms. The van der Waals surface area contributed by atoms with Crippen LogP contribution in [0.3, 0.4) is 0 Å². The third-order valence-corrected chi connectivity index (χ3v) is 1.95. The highest BCUT2D eigenvalue weighted by Crippen LogP contribution is 2.20. The molecule has 1 aromatic heterocycles. The standard InChI is InChI=1S/C8H7NO4/c10-5-1-9-2-6-7(5)4(3-13-6)8(11)12/h3,9H,1-2H2,(H,11,12). The van der Waals surface area contributed by atoms with Crippen molar-refractivity contribution < 1.29 is 19.1 Å². The molecule has 2 rings (SSSR count). The molecule has 0 amide bonds. The average molecular weight is 181 g/mol. The van der Waals surface area contributed by atoms with Crippen LogP contribution in [0.2, 0.25) is 0 Å². The molecule has 0 spiro atoms. The second-order valence-electron chi connectivity index (χ2n) is 2.78. The highest BCUT2D eigenvalue weighted by molar-refractivity contribution is 6.07. The largest absolute Gasteiger partial charge is 0.478 e. The minimum atomic E-state index is -1.12. The second kappa shape index (κ2) is 2.70. The van der Waals surface area contributed by atoms with Crippen LogP contribution >= 0.6 is 0 Å². The number of furan rings is 1. The zero-order valence-electron chi connectivity index (χ0n) is 6.66. The van der Waals surface area contributed by atoms with E-state index in [9.17, 15) is 9.59 Å². The van der Waals surface area contributed by atoms with Gasteiger partial charge in [-0.1, -0.05) is 0 Å². The summed E-state index contributed by atoms with van der Waals surface area (Å²) in [5, 5.41) is 11.5. The van der Waals surface area contributed by atoms with Crippen LogP contribution in [-0.2, 0) is 6.54 Å². The second-order valence-corrected chi connectivity index (χ2v) is 2.78. The molecule has 0 aliphatic carbocycles. The van der Waals surface area contributed by atoms with E-state index < -0.39 is 5.97 Å². The Labute approximate surface area is 73.3 Å². The van der Waals surface area contributed by atoms with Crippen molar-refractivity contribution in [3.63, 3.8) is 0 Å². The fourth-order valence-electron chi connectivity index (χ4n) is 1.37. The van der Waals surface area contributed by atoms with Crippen molar-refractivity contribution in [1.29, 1.82) is 0 Å². The molecule has 0 radical (unpaired) electrons. The van der Waals surface area contributed by atoms with Gasteiger partial charge in [-0.3, -0.25) is 4.79 Å². The van der Waals surface area contributed by atoms with E-state index in [1.165, 1.54) is 0 Å². The van der Waals surface area contributed by atoms with Gasteiger partial charge in [-0.2, -0.15) is 0 Å². The number of hydrogen-bond donors (Lipinski definition) is 2. The molecule has 0 unspecified atom stereocenters. The molecule has 0 aromatic carbocycles. The van der Waals surface area contributed by atoms with Gasteiger partial charge in [0.2, 0.25) is 0 Å². The average Bonchev–Trinajstić information content (AvgIpc) is 2.49. The summed E-state index contributed by atoms with van der Waals surface area (Å²) in [6.45, 7) is 0.584. The van der Waals surface area contributed by atoms with Crippen LogP contribution < -0.4 is 5.32 Å². The molecule has 0 fully saturated rings. The van der Waals surface area contributed by atoms with Crippen LogP contribution in [0.4, 0.5) is 0 Å². The van der Waals surface area contributed by atoms with Crippen LogP contribution in [0, 0.1) is 0 Å². The summed E-state index contributed by atoms with van der Waals surface area (Å²) in [6, 6.07) is 0. The molecule has 1 aromatic rings. The number of hydrogen-bond acceptors (Lipinski definition) is 4. The molecule has 5 nitrogen and oxygen atoms in total. The van der Waals surface area contributed by atoms with Gasteiger partial charge in [-0.05, 0) is 0 Å². The van der Waals surface area contributed by atoms with Crippen molar-refractivity contribution in [1.82, 2.24) is 5.32 Å². The van der Waals surface area contributed by atoms with E-state index >= 15 is 0 Å². The van der Waals surface area contributed by atoms with Gasteiger partial charge in [0.05, 0.1) is 18.7 Å². The van der Waals surface area contributed by atoms with E-state index in [0.717, 1.165) is 6.26 Å². The Morgan fingerprint density at radius 1 is 1.54 bits per heavy atom. The number of carbonyl (C=O) groups excluding carboxylic acids is 1. The van der Waals surface area contributed by atoms with Crippen LogP contribution in [0.1, 0.15) is 26.5 Å². The Kier molecular flexibility index (Phi) is 1.66. The fraction of sp³-hybridized carbons (Fsp3) is 0.250. The van der Waals surface area contributed by atoms with E-state index in [1.807, 2.05) is 0 Å². The smallest absolute Gasteiger partial charge is 0.339 e. The van der Waals surface area contributed by atoms with Crippen LogP contribution in [0.25, 0.3) is 0 Å². The van der Waals surface area contributed by atoms with Crippen LogP contribution in [-0.4, -0.2) is 23.4 Å². The first-order valence-corrected chi connectivity index (χ1v) is 3.77. The molecule has 68 valence electrons. The summed E-state index contributed by atoms with van der Waals surface area (Å²) < 4.78 is 4.95. The monoisotopic (exact) mass is 181 g/mol. The number of rotatable bonds is 1. The first kappa shape index (κ1) is 8.00. The van der Waals surface area contributed by atoms with E-state index in [4.69, 9.17) is 9.52 Å². The fourth-order valence-corrected chi connectivity index (χ4v) is 1.37. The Balaban J connectivity index is 2.56. The zero-order chi connectivity index (χ0) is 9.42. The molecule has 1 aliphatic heterocycles. The lowest BCUT2D eigenvalue weighted by Crippen LogP contribution is -2.29. The molecule has 2 heterocycles. The van der Waals surface area contributed by atoms with E-state index in [2.05, 4.69) is 5.32 Å². The summed E-state index contributed by atoms with van der Waals surface area (Å²) in [5.74, 6) is -0.943. The van der Waals surface area contributed by atoms with E-state index in [1.54, 1.807) is 0 Å². The molecule has 5 heteroatoms. The first-order valence-electron chi connectivity index (χ1n) is 3.77. The summed E-state index contributed by atoms with van der Waals surface area (Å²) in [5.41, 5.74) is 0.174. The van der Waals surface area contributed by atoms with E-state index in [-0.39, 0.29) is 23.5 Å². The van der Waals surface area contributed by atoms with Gasteiger partial charge in [0.15, 0.2) is 5.78 Å². The Bertz CT molecular complexity index is 379. The van der Waals surface area contributed by atoms with Gasteiger partial charge in [-0.15, -0.1) is 0 Å². The minimum Gasteiger partial charge on any atom is -0.478 e. The van der Waals surface area contributed by atoms with Gasteiger partial charge in [0, 0.05) is 0 Å². The number of fused-ring (bicyclic) bond motifs is 1. The number of nitrogens with one attached hydrogen (secondary N) is 1. The number of carboxylic acid groups (broad SMARTS) is 1. The molecule has 1 aliphatic rings. The summed E-state index contributed by atoms with van der Waals surface area (Å²) >= 11 is 0. The number of Topliss-reactive ketones (excluding diaryl/α,β-unsaturated/α-hetero) is 1. The van der Waals surface area contributed by atoms with Crippen LogP contribution in [0.15, 0.2) is 10.7 Å². The SMILES string of the molecule is O=C(O)c1coc2c1C(=O)CNC2. The van der Waals surface area contributed by atoms with Gasteiger partial charge in [-0.25, -0.2) is 4.79 Å². The minimum absolute atomic E-state index is 0.0403. The first-order chi connectivity index (χ1) is 6.20. The molecular weight excluding hydrogens is 174 g/mol. The summed E-state index contributed by atoms with van der Waals surface area (Å²) in [7, 11) is 0. The lowest BCUT2D eigenvalue weighted by atomic mass is 10.0. The van der Waals surface area contributed by atoms with Gasteiger partial charge in [0.1, 0.15) is 17.6 Å². The highest BCUT2D eigenvalue weighted by Gasteiger charge is 2.27. The van der Waals surface area contributed by atoms with Gasteiger partial charge in [0.25, 0.3) is 0 Å². The highest BCUT2D eigenvalue weighted by atomic mass is 16.4. The number of ketones is 1. The normalized spacial score (nSPS) is 15.5. The lowest BCUT2D eigenvalue weighted by molar-refractivity contribution is 0.0691. The lowest BCUT2D eigenvalue weighted by Gasteiger charge is -2.10. The number of carbonyl (C=O) groups is 2. The van der Waals surface area contributed by atoms with Crippen LogP contribution in [0.5, 0.6) is 0 Å². The summed E-state index contributed by atoms with van der Waals surface area (Å²) in [4.78, 5) is 21.9. The quantitative estimate of drug-likeness (QED) is 0.649. The zero-order valence-corrected chi connectivity index (χ0v) is 6.66. The summed E-state index contributed by atoms with van der Waals surface area (Å²) in [6.07, 6.45) is 1.11. The molecule has 0 atom stereocenters. The van der Waals surface area contributed by atoms with E-state index in [0.29, 0.717) is 12.3 Å². The van der Waals surface area contributed by atoms with Gasteiger partial charge < -0.3 is 14.8 Å². The maximum atomic E-state index is 11.3. The molecule has 0 saturated carbocycles. The predicted molar refractivity (Wildman–Crippen MR) is 41.7 cm³/mol. The molecular formula is C8H7NO4. The molecule has 0 saturated heterocycles. The molecule has 2 N–H and O–H groups in total. The molecule has 13 heavy (non-hydrogen) atoms. The third kappa shape index (κ3) is 1.13. The van der Waals surface area contributed by atoms with Crippen molar-refractivity contribution >= 4 is 11.8 Å². The van der Waals surface area contributed by atoms with Crippen molar-refractivity contribution in [3.05, 3.63) is 23.2 Å². The maximum Gasteiger partial charge on any atom is 0.339 e. The maximum absolute atomic E-state index is 11.3.